The quantitative estimate of drug-likeness (QED) is 0.137. The molecule has 0 bridgehead atoms. The van der Waals surface area contributed by atoms with Gasteiger partial charge in [0.25, 0.3) is 0 Å². The summed E-state index contributed by atoms with van der Waals surface area (Å²) in [6.45, 7) is 0. The van der Waals surface area contributed by atoms with E-state index in [9.17, 15) is 0 Å². The van der Waals surface area contributed by atoms with Gasteiger partial charge < -0.3 is 8.97 Å². The van der Waals surface area contributed by atoms with Crippen molar-refractivity contribution in [2.75, 3.05) is 0 Å². The Bertz CT molecular complexity index is 2060. The van der Waals surface area contributed by atoms with Crippen molar-refractivity contribution in [3.8, 4) is 16.9 Å². The molecular weight excluding hydrogens is 631 g/mol. The molecule has 0 saturated carbocycles. The first kappa shape index (κ1) is 22.0. The molecule has 0 N–H and O–H groups in total. The predicted molar refractivity (Wildman–Crippen MR) is 149 cm³/mol. The molecule has 0 aliphatic rings. The third-order valence-corrected chi connectivity index (χ3v) is 7.26. The summed E-state index contributed by atoms with van der Waals surface area (Å²) in [7, 11) is 0. The number of aromatic nitrogens is 3. The van der Waals surface area contributed by atoms with Gasteiger partial charge in [-0.05, 0) is 35.7 Å². The SMILES string of the molecule is [Ir].[c-]1cccc2c1c1ncc(-c3cccc(-n4c5ccccc5c5ccccc54)c3)n1c1ccccc21. The van der Waals surface area contributed by atoms with Crippen LogP contribution in [0.5, 0.6) is 0 Å². The second-order valence-corrected chi connectivity index (χ2v) is 9.20. The molecule has 37 heavy (non-hydrogen) atoms. The van der Waals surface area contributed by atoms with E-state index in [4.69, 9.17) is 4.98 Å². The minimum absolute atomic E-state index is 0. The molecule has 0 unspecified atom stereocenters. The molecule has 5 aromatic carbocycles. The Kier molecular flexibility index (Phi) is 5.00. The molecule has 3 aromatic heterocycles. The Morgan fingerprint density at radius 3 is 1.95 bits per heavy atom. The number of hydrogen-bond donors (Lipinski definition) is 0. The summed E-state index contributed by atoms with van der Waals surface area (Å²) in [5, 5.41) is 5.95. The number of nitrogens with zero attached hydrogens (tertiary/aromatic N) is 3. The standard InChI is InChI=1S/C33H20N3.Ir/c1-2-16-28-24(12-1)25-13-3-8-19-31(25)36-32(21-34-33(28)36)22-10-9-11-23(20-22)35-29-17-6-4-14-26(29)27-15-5-7-18-30(27)35;/h1-15,17-21H;/q-1;. The monoisotopic (exact) mass is 651 g/mol. The molecule has 0 saturated heterocycles. The van der Waals surface area contributed by atoms with Crippen LogP contribution in [0.4, 0.5) is 0 Å². The second-order valence-electron chi connectivity index (χ2n) is 9.20. The molecule has 0 fully saturated rings. The van der Waals surface area contributed by atoms with Crippen LogP contribution >= 0.6 is 0 Å². The van der Waals surface area contributed by atoms with Crippen LogP contribution in [0.25, 0.3) is 66.1 Å². The Morgan fingerprint density at radius 2 is 1.22 bits per heavy atom. The third kappa shape index (κ3) is 3.13. The van der Waals surface area contributed by atoms with Crippen LogP contribution in [0.2, 0.25) is 0 Å². The van der Waals surface area contributed by atoms with Crippen molar-refractivity contribution < 1.29 is 20.1 Å². The Balaban J connectivity index is 0.00000231. The van der Waals surface area contributed by atoms with Crippen LogP contribution in [0.15, 0.2) is 121 Å². The van der Waals surface area contributed by atoms with E-state index in [0.717, 1.165) is 33.5 Å². The number of benzene rings is 5. The molecule has 1 radical (unpaired) electrons. The summed E-state index contributed by atoms with van der Waals surface area (Å²) >= 11 is 0. The minimum atomic E-state index is 0. The van der Waals surface area contributed by atoms with Crippen LogP contribution in [-0.4, -0.2) is 14.0 Å². The molecule has 0 spiro atoms. The van der Waals surface area contributed by atoms with Crippen molar-refractivity contribution in [1.82, 2.24) is 14.0 Å². The zero-order chi connectivity index (χ0) is 23.6. The number of pyridine rings is 1. The van der Waals surface area contributed by atoms with Gasteiger partial charge in [-0.15, -0.1) is 29.7 Å². The molecule has 8 rings (SSSR count). The first-order chi connectivity index (χ1) is 17.9. The van der Waals surface area contributed by atoms with Crippen molar-refractivity contribution in [3.05, 3.63) is 128 Å². The normalized spacial score (nSPS) is 11.6. The van der Waals surface area contributed by atoms with Gasteiger partial charge in [0.15, 0.2) is 0 Å². The average Bonchev–Trinajstić information content (AvgIpc) is 3.54. The molecule has 0 atom stereocenters. The van der Waals surface area contributed by atoms with Gasteiger partial charge >= 0.3 is 0 Å². The van der Waals surface area contributed by atoms with E-state index in [1.807, 2.05) is 18.3 Å². The van der Waals surface area contributed by atoms with Crippen LogP contribution in [0.3, 0.4) is 0 Å². The number of rotatable bonds is 2. The molecule has 177 valence electrons. The smallest absolute Gasteiger partial charge is 0.0634 e. The first-order valence-corrected chi connectivity index (χ1v) is 12.2. The van der Waals surface area contributed by atoms with Gasteiger partial charge in [-0.3, -0.25) is 4.98 Å². The molecule has 0 aliphatic heterocycles. The maximum absolute atomic E-state index is 4.89. The number of para-hydroxylation sites is 3. The summed E-state index contributed by atoms with van der Waals surface area (Å²) in [6, 6.07) is 44.2. The van der Waals surface area contributed by atoms with E-state index in [-0.39, 0.29) is 20.1 Å². The van der Waals surface area contributed by atoms with E-state index in [0.29, 0.717) is 0 Å². The topological polar surface area (TPSA) is 22.2 Å². The van der Waals surface area contributed by atoms with E-state index in [2.05, 4.69) is 118 Å². The fraction of sp³-hybridized carbons (Fsp3) is 0. The van der Waals surface area contributed by atoms with Crippen molar-refractivity contribution in [1.29, 1.82) is 0 Å². The van der Waals surface area contributed by atoms with Crippen molar-refractivity contribution >= 4 is 49.1 Å². The predicted octanol–water partition coefficient (Wildman–Crippen LogP) is 8.20. The van der Waals surface area contributed by atoms with Crippen molar-refractivity contribution in [3.63, 3.8) is 0 Å². The van der Waals surface area contributed by atoms with E-state index >= 15 is 0 Å². The molecule has 0 aliphatic carbocycles. The third-order valence-electron chi connectivity index (χ3n) is 7.26. The Hall–Kier alpha value is -4.24. The number of imidazole rings is 1. The summed E-state index contributed by atoms with van der Waals surface area (Å²) in [6.07, 6.45) is 1.99. The zero-order valence-electron chi connectivity index (χ0n) is 19.7. The first-order valence-electron chi connectivity index (χ1n) is 12.2. The molecule has 8 aromatic rings. The van der Waals surface area contributed by atoms with Crippen LogP contribution < -0.4 is 0 Å². The maximum atomic E-state index is 4.89. The van der Waals surface area contributed by atoms with Crippen molar-refractivity contribution in [2.24, 2.45) is 0 Å². The van der Waals surface area contributed by atoms with Gasteiger partial charge in [0.05, 0.1) is 22.4 Å². The fourth-order valence-corrected chi connectivity index (χ4v) is 5.72. The van der Waals surface area contributed by atoms with E-state index < -0.39 is 0 Å². The summed E-state index contributed by atoms with van der Waals surface area (Å²) < 4.78 is 4.64. The van der Waals surface area contributed by atoms with Gasteiger partial charge in [0, 0.05) is 53.8 Å². The number of hydrogen-bond acceptors (Lipinski definition) is 1. The second kappa shape index (κ2) is 8.41. The van der Waals surface area contributed by atoms with E-state index in [1.54, 1.807) is 0 Å². The van der Waals surface area contributed by atoms with Gasteiger partial charge in [-0.2, -0.15) is 0 Å². The Morgan fingerprint density at radius 1 is 0.595 bits per heavy atom. The molecular formula is C33H20IrN3-. The number of fused-ring (bicyclic) bond motifs is 9. The fourth-order valence-electron chi connectivity index (χ4n) is 5.72. The van der Waals surface area contributed by atoms with Gasteiger partial charge in [-0.25, -0.2) is 0 Å². The van der Waals surface area contributed by atoms with Gasteiger partial charge in [-0.1, -0.05) is 72.1 Å². The Labute approximate surface area is 227 Å². The van der Waals surface area contributed by atoms with Crippen LogP contribution in [0.1, 0.15) is 0 Å². The summed E-state index contributed by atoms with van der Waals surface area (Å²) in [4.78, 5) is 4.89. The molecule has 0 amide bonds. The van der Waals surface area contributed by atoms with Crippen molar-refractivity contribution in [2.45, 2.75) is 0 Å². The molecule has 4 heteroatoms. The average molecular weight is 651 g/mol. The minimum Gasteiger partial charge on any atom is -0.333 e. The van der Waals surface area contributed by atoms with Gasteiger partial charge in [0.1, 0.15) is 0 Å². The summed E-state index contributed by atoms with van der Waals surface area (Å²) in [5.74, 6) is 0. The zero-order valence-corrected chi connectivity index (χ0v) is 22.1. The molecule has 3 heterocycles. The van der Waals surface area contributed by atoms with Crippen LogP contribution in [-0.2, 0) is 20.1 Å². The van der Waals surface area contributed by atoms with Gasteiger partial charge in [0.2, 0.25) is 0 Å². The molecule has 3 nitrogen and oxygen atoms in total. The van der Waals surface area contributed by atoms with Crippen LogP contribution in [0, 0.1) is 6.07 Å². The maximum Gasteiger partial charge on any atom is 0.0634 e. The summed E-state index contributed by atoms with van der Waals surface area (Å²) in [5.41, 5.74) is 7.83. The largest absolute Gasteiger partial charge is 0.333 e. The van der Waals surface area contributed by atoms with E-state index in [1.165, 1.54) is 32.6 Å².